The summed E-state index contributed by atoms with van der Waals surface area (Å²) >= 11 is 0. The summed E-state index contributed by atoms with van der Waals surface area (Å²) < 4.78 is 0. The maximum atomic E-state index is 2.71. The van der Waals surface area contributed by atoms with Crippen LogP contribution in [-0.2, 0) is 0 Å². The highest BCUT2D eigenvalue weighted by molar-refractivity contribution is 5.32. The first kappa shape index (κ1) is 17.8. The van der Waals surface area contributed by atoms with Crippen LogP contribution in [0, 0.1) is 50.7 Å². The highest BCUT2D eigenvalue weighted by Crippen LogP contribution is 2.90. The van der Waals surface area contributed by atoms with Gasteiger partial charge in [0.1, 0.15) is 0 Å². The summed E-state index contributed by atoms with van der Waals surface area (Å²) in [6.07, 6.45) is 5.72. The Morgan fingerprint density at radius 2 is 1.48 bits per heavy atom. The minimum absolute atomic E-state index is 0.452. The van der Waals surface area contributed by atoms with Crippen molar-refractivity contribution in [2.75, 3.05) is 0 Å². The Morgan fingerprint density at radius 1 is 0.913 bits per heavy atom. The van der Waals surface area contributed by atoms with Gasteiger partial charge in [0.15, 0.2) is 0 Å². The second-order valence-electron chi connectivity index (χ2n) is 11.4. The van der Waals surface area contributed by atoms with E-state index in [1.54, 1.807) is 0 Å². The third kappa shape index (κ3) is 1.56. The Labute approximate surface area is 146 Å². The number of rotatable bonds is 4. The van der Waals surface area contributed by atoms with E-state index < -0.39 is 0 Å². The zero-order valence-corrected chi connectivity index (χ0v) is 17.6. The van der Waals surface area contributed by atoms with E-state index in [9.17, 15) is 0 Å². The molecule has 0 heteroatoms. The number of hydrogen-bond donors (Lipinski definition) is 0. The molecule has 0 nitrogen and oxygen atoms in total. The SMILES string of the molecule is CC[C@@H](CC(C)C)C1(C)C2(C)CC3(CC(C)(C3C)[C@H]2C)C1(C)C. The predicted molar refractivity (Wildman–Crippen MR) is 101 cm³/mol. The molecule has 4 fully saturated rings. The molecule has 0 amide bonds. The Kier molecular flexibility index (Phi) is 3.55. The molecule has 0 aromatic rings. The molecule has 1 spiro atoms. The number of hydrogen-bond acceptors (Lipinski definition) is 0. The van der Waals surface area contributed by atoms with Crippen LogP contribution in [0.2, 0.25) is 0 Å². The summed E-state index contributed by atoms with van der Waals surface area (Å²) in [7, 11) is 0. The summed E-state index contributed by atoms with van der Waals surface area (Å²) in [6, 6.07) is 0. The highest BCUT2D eigenvalue weighted by atomic mass is 14.9. The molecule has 4 saturated carbocycles. The molecule has 7 atom stereocenters. The van der Waals surface area contributed by atoms with Crippen LogP contribution in [-0.4, -0.2) is 0 Å². The van der Waals surface area contributed by atoms with Gasteiger partial charge in [0, 0.05) is 0 Å². The molecular weight excluding hydrogens is 276 g/mol. The highest BCUT2D eigenvalue weighted by Gasteiger charge is 2.84. The Hall–Kier alpha value is 0. The van der Waals surface area contributed by atoms with E-state index in [1.165, 1.54) is 25.7 Å². The molecule has 0 heterocycles. The standard InChI is InChI=1S/C23H42/c1-11-18(12-15(2)3)22(10)19(6,7)23-13-20(8,17(23)5)16(4)21(22,9)14-23/h15-18H,11-14H2,1-10H3/t16-,17?,18+,20?,21?,22?,23?/m1/s1. The summed E-state index contributed by atoms with van der Waals surface area (Å²) in [5, 5.41) is 0. The van der Waals surface area contributed by atoms with Gasteiger partial charge in [-0.25, -0.2) is 0 Å². The second-order valence-corrected chi connectivity index (χ2v) is 11.4. The molecule has 4 rings (SSSR count). The van der Waals surface area contributed by atoms with Crippen molar-refractivity contribution < 1.29 is 0 Å². The lowest BCUT2D eigenvalue weighted by Crippen LogP contribution is -2.64. The van der Waals surface area contributed by atoms with Crippen molar-refractivity contribution in [3.05, 3.63) is 0 Å². The van der Waals surface area contributed by atoms with Crippen molar-refractivity contribution >= 4 is 0 Å². The van der Waals surface area contributed by atoms with Gasteiger partial charge in [-0.05, 0) is 70.0 Å². The second kappa shape index (κ2) is 4.59. The van der Waals surface area contributed by atoms with Gasteiger partial charge in [0.2, 0.25) is 0 Å². The van der Waals surface area contributed by atoms with Crippen molar-refractivity contribution in [1.29, 1.82) is 0 Å². The maximum absolute atomic E-state index is 2.71. The van der Waals surface area contributed by atoms with Crippen molar-refractivity contribution in [3.8, 4) is 0 Å². The lowest BCUT2D eigenvalue weighted by atomic mass is 9.33. The normalized spacial score (nSPS) is 54.9. The molecule has 4 aliphatic rings. The van der Waals surface area contributed by atoms with Crippen LogP contribution < -0.4 is 0 Å². The van der Waals surface area contributed by atoms with Crippen LogP contribution in [0.15, 0.2) is 0 Å². The molecular formula is C23H42. The quantitative estimate of drug-likeness (QED) is 0.515. The van der Waals surface area contributed by atoms with Gasteiger partial charge in [0.05, 0.1) is 0 Å². The van der Waals surface area contributed by atoms with Crippen LogP contribution in [0.3, 0.4) is 0 Å². The molecule has 0 N–H and O–H groups in total. The monoisotopic (exact) mass is 318 g/mol. The summed E-state index contributed by atoms with van der Waals surface area (Å²) in [6.45, 7) is 25.9. The van der Waals surface area contributed by atoms with Gasteiger partial charge in [0.25, 0.3) is 0 Å². The van der Waals surface area contributed by atoms with E-state index in [1.807, 2.05) is 0 Å². The lowest BCUT2D eigenvalue weighted by Gasteiger charge is -2.71. The van der Waals surface area contributed by atoms with Gasteiger partial charge in [-0.15, -0.1) is 0 Å². The topological polar surface area (TPSA) is 0 Å². The van der Waals surface area contributed by atoms with Crippen molar-refractivity contribution in [2.45, 2.75) is 94.9 Å². The van der Waals surface area contributed by atoms with Crippen LogP contribution in [0.5, 0.6) is 0 Å². The van der Waals surface area contributed by atoms with Gasteiger partial charge < -0.3 is 0 Å². The third-order valence-electron chi connectivity index (χ3n) is 10.9. The fourth-order valence-corrected chi connectivity index (χ4v) is 8.97. The average molecular weight is 319 g/mol. The van der Waals surface area contributed by atoms with Gasteiger partial charge >= 0.3 is 0 Å². The minimum Gasteiger partial charge on any atom is -0.0651 e. The Morgan fingerprint density at radius 3 is 1.91 bits per heavy atom. The van der Waals surface area contributed by atoms with Crippen LogP contribution >= 0.6 is 0 Å². The maximum Gasteiger partial charge on any atom is -0.0184 e. The molecule has 0 saturated heterocycles. The van der Waals surface area contributed by atoms with Gasteiger partial charge in [-0.1, -0.05) is 75.7 Å². The van der Waals surface area contributed by atoms with E-state index >= 15 is 0 Å². The molecule has 5 unspecified atom stereocenters. The largest absolute Gasteiger partial charge is 0.0651 e. The van der Waals surface area contributed by atoms with E-state index in [-0.39, 0.29) is 0 Å². The zero-order chi connectivity index (χ0) is 17.6. The molecule has 0 aromatic carbocycles. The average Bonchev–Trinajstić information content (AvgIpc) is 2.58. The van der Waals surface area contributed by atoms with Crippen LogP contribution in [0.4, 0.5) is 0 Å². The third-order valence-corrected chi connectivity index (χ3v) is 10.9. The van der Waals surface area contributed by atoms with Crippen molar-refractivity contribution in [1.82, 2.24) is 0 Å². The summed E-state index contributed by atoms with van der Waals surface area (Å²) in [5.74, 6) is 3.42. The van der Waals surface area contributed by atoms with Crippen molar-refractivity contribution in [2.24, 2.45) is 50.7 Å². The van der Waals surface area contributed by atoms with Crippen LogP contribution in [0.25, 0.3) is 0 Å². The van der Waals surface area contributed by atoms with E-state index in [2.05, 4.69) is 69.2 Å². The van der Waals surface area contributed by atoms with Crippen LogP contribution in [0.1, 0.15) is 94.9 Å². The van der Waals surface area contributed by atoms with Crippen molar-refractivity contribution in [3.63, 3.8) is 0 Å². The molecule has 134 valence electrons. The first-order valence-electron chi connectivity index (χ1n) is 10.3. The molecule has 0 aliphatic heterocycles. The molecule has 0 aromatic heterocycles. The van der Waals surface area contributed by atoms with Gasteiger partial charge in [-0.2, -0.15) is 0 Å². The molecule has 23 heavy (non-hydrogen) atoms. The Balaban J connectivity index is 2.17. The molecule has 3 bridgehead atoms. The Bertz CT molecular complexity index is 502. The fraction of sp³-hybridized carbons (Fsp3) is 1.00. The lowest BCUT2D eigenvalue weighted by molar-refractivity contribution is -0.227. The zero-order valence-electron chi connectivity index (χ0n) is 17.6. The smallest absolute Gasteiger partial charge is 0.0184 e. The molecule has 0 radical (unpaired) electrons. The predicted octanol–water partition coefficient (Wildman–Crippen LogP) is 7.18. The van der Waals surface area contributed by atoms with E-state index in [0.29, 0.717) is 27.1 Å². The first-order valence-corrected chi connectivity index (χ1v) is 10.3. The first-order chi connectivity index (χ1) is 10.3. The van der Waals surface area contributed by atoms with E-state index in [4.69, 9.17) is 0 Å². The van der Waals surface area contributed by atoms with E-state index in [0.717, 1.165) is 23.7 Å². The minimum atomic E-state index is 0.452. The summed E-state index contributed by atoms with van der Waals surface area (Å²) in [4.78, 5) is 0. The molecule has 4 aliphatic carbocycles. The summed E-state index contributed by atoms with van der Waals surface area (Å²) in [5.41, 5.74) is 2.60. The van der Waals surface area contributed by atoms with Gasteiger partial charge in [-0.3, -0.25) is 0 Å². The fourth-order valence-electron chi connectivity index (χ4n) is 8.97.